The molecule has 4 unspecified atom stereocenters. The first-order valence-corrected chi connectivity index (χ1v) is 12.2. The standard InChI is InChI=1S/C28H44O3/c1-19-9-12-23(29)18-22(19)11-10-21-8-7-16-27(5)24(13-14-25(21)27)20(2)15-17-28(6,31)26(3,4)30/h10-11,15,17,20,23-25,29-31H,1,7-9,12-14,16,18H2,2-6H3/t20?,23?,24?,25?,27-,28-/m1/s1. The molecule has 3 aliphatic rings. The number of aliphatic hydroxyl groups is 3. The Balaban J connectivity index is 1.77. The smallest absolute Gasteiger partial charge is 0.108 e. The summed E-state index contributed by atoms with van der Waals surface area (Å²) in [6, 6.07) is 0. The van der Waals surface area contributed by atoms with Crippen molar-refractivity contribution >= 4 is 0 Å². The summed E-state index contributed by atoms with van der Waals surface area (Å²) in [6.07, 6.45) is 16.8. The van der Waals surface area contributed by atoms with Crippen LogP contribution in [0.3, 0.4) is 0 Å². The van der Waals surface area contributed by atoms with Gasteiger partial charge in [0.2, 0.25) is 0 Å². The fraction of sp³-hybridized carbons (Fsp3) is 0.714. The van der Waals surface area contributed by atoms with E-state index in [4.69, 9.17) is 0 Å². The van der Waals surface area contributed by atoms with E-state index in [-0.39, 0.29) is 11.5 Å². The number of fused-ring (bicyclic) bond motifs is 1. The molecule has 0 heterocycles. The number of hydrogen-bond donors (Lipinski definition) is 3. The molecule has 0 spiro atoms. The minimum atomic E-state index is -1.24. The van der Waals surface area contributed by atoms with Gasteiger partial charge in [-0.1, -0.05) is 55.9 Å². The molecule has 3 saturated carbocycles. The van der Waals surface area contributed by atoms with Gasteiger partial charge in [0, 0.05) is 0 Å². The highest BCUT2D eigenvalue weighted by molar-refractivity contribution is 5.36. The summed E-state index contributed by atoms with van der Waals surface area (Å²) < 4.78 is 0. The van der Waals surface area contributed by atoms with Gasteiger partial charge in [0.1, 0.15) is 5.60 Å². The molecule has 3 aliphatic carbocycles. The van der Waals surface area contributed by atoms with Crippen molar-refractivity contribution in [2.24, 2.45) is 23.2 Å². The second-order valence-corrected chi connectivity index (χ2v) is 11.5. The first-order chi connectivity index (χ1) is 14.3. The molecule has 31 heavy (non-hydrogen) atoms. The zero-order valence-electron chi connectivity index (χ0n) is 20.3. The molecular weight excluding hydrogens is 384 g/mol. The van der Waals surface area contributed by atoms with Gasteiger partial charge >= 0.3 is 0 Å². The molecule has 6 atom stereocenters. The van der Waals surface area contributed by atoms with Crippen LogP contribution < -0.4 is 0 Å². The fourth-order valence-corrected chi connectivity index (χ4v) is 6.22. The summed E-state index contributed by atoms with van der Waals surface area (Å²) in [4.78, 5) is 0. The number of allylic oxidation sites excluding steroid dienone is 5. The zero-order valence-corrected chi connectivity index (χ0v) is 20.3. The number of aliphatic hydroxyl groups excluding tert-OH is 1. The van der Waals surface area contributed by atoms with Crippen molar-refractivity contribution in [1.82, 2.24) is 0 Å². The van der Waals surface area contributed by atoms with Crippen LogP contribution >= 0.6 is 0 Å². The van der Waals surface area contributed by atoms with E-state index in [0.29, 0.717) is 17.8 Å². The van der Waals surface area contributed by atoms with Gasteiger partial charge < -0.3 is 15.3 Å². The molecule has 0 aliphatic heterocycles. The molecule has 0 aromatic carbocycles. The van der Waals surface area contributed by atoms with Gasteiger partial charge in [-0.25, -0.2) is 0 Å². The summed E-state index contributed by atoms with van der Waals surface area (Å²) in [5, 5.41) is 30.9. The Morgan fingerprint density at radius 2 is 1.81 bits per heavy atom. The molecule has 0 aromatic heterocycles. The lowest BCUT2D eigenvalue weighted by Gasteiger charge is -2.44. The lowest BCUT2D eigenvalue weighted by Crippen LogP contribution is -2.46. The first-order valence-electron chi connectivity index (χ1n) is 12.2. The molecule has 0 aromatic rings. The summed E-state index contributed by atoms with van der Waals surface area (Å²) in [5.41, 5.74) is 1.83. The van der Waals surface area contributed by atoms with Gasteiger partial charge in [0.05, 0.1) is 11.7 Å². The van der Waals surface area contributed by atoms with Crippen LogP contribution in [0.5, 0.6) is 0 Å². The Morgan fingerprint density at radius 3 is 2.48 bits per heavy atom. The number of rotatable bonds is 5. The third-order valence-electron chi connectivity index (χ3n) is 8.82. The van der Waals surface area contributed by atoms with Crippen molar-refractivity contribution in [3.63, 3.8) is 0 Å². The monoisotopic (exact) mass is 428 g/mol. The van der Waals surface area contributed by atoms with Crippen molar-refractivity contribution in [3.8, 4) is 0 Å². The highest BCUT2D eigenvalue weighted by atomic mass is 16.3. The van der Waals surface area contributed by atoms with Crippen LogP contribution in [0.1, 0.15) is 86.0 Å². The second-order valence-electron chi connectivity index (χ2n) is 11.5. The normalized spacial score (nSPS) is 37.9. The van der Waals surface area contributed by atoms with Crippen LogP contribution in [-0.4, -0.2) is 32.6 Å². The molecule has 3 fully saturated rings. The fourth-order valence-electron chi connectivity index (χ4n) is 6.22. The molecule has 3 N–H and O–H groups in total. The van der Waals surface area contributed by atoms with E-state index in [1.54, 1.807) is 32.4 Å². The molecule has 0 radical (unpaired) electrons. The SMILES string of the molecule is C=C1CCC(O)CC1=CC=C1CCC[C@@]2(C)C1CCC2C(C)C=C[C@@](C)(O)C(C)(C)O. The highest BCUT2D eigenvalue weighted by Crippen LogP contribution is 2.59. The maximum absolute atomic E-state index is 10.6. The van der Waals surface area contributed by atoms with Crippen molar-refractivity contribution in [2.75, 3.05) is 0 Å². The van der Waals surface area contributed by atoms with Crippen LogP contribution in [0.15, 0.2) is 47.6 Å². The average Bonchev–Trinajstić information content (AvgIpc) is 3.03. The molecule has 0 amide bonds. The molecule has 3 nitrogen and oxygen atoms in total. The third kappa shape index (κ3) is 5.10. The van der Waals surface area contributed by atoms with E-state index < -0.39 is 11.2 Å². The minimum absolute atomic E-state index is 0.226. The quantitative estimate of drug-likeness (QED) is 0.480. The van der Waals surface area contributed by atoms with Gasteiger partial charge in [-0.05, 0) is 101 Å². The van der Waals surface area contributed by atoms with Crippen molar-refractivity contribution in [1.29, 1.82) is 0 Å². The van der Waals surface area contributed by atoms with Gasteiger partial charge in [-0.3, -0.25) is 0 Å². The van der Waals surface area contributed by atoms with E-state index in [2.05, 4.69) is 38.7 Å². The van der Waals surface area contributed by atoms with E-state index in [1.807, 2.05) is 0 Å². The lowest BCUT2D eigenvalue weighted by molar-refractivity contribution is -0.0886. The van der Waals surface area contributed by atoms with Gasteiger partial charge in [0.15, 0.2) is 0 Å². The summed E-state index contributed by atoms with van der Waals surface area (Å²) in [6.45, 7) is 13.9. The zero-order chi connectivity index (χ0) is 23.0. The molecule has 3 heteroatoms. The Hall–Kier alpha value is -1.16. The maximum Gasteiger partial charge on any atom is 0.108 e. The van der Waals surface area contributed by atoms with Crippen LogP contribution in [-0.2, 0) is 0 Å². The molecule has 0 saturated heterocycles. The van der Waals surface area contributed by atoms with Crippen LogP contribution in [0.4, 0.5) is 0 Å². The van der Waals surface area contributed by atoms with Gasteiger partial charge in [-0.15, -0.1) is 0 Å². The van der Waals surface area contributed by atoms with Gasteiger partial charge in [0.25, 0.3) is 0 Å². The van der Waals surface area contributed by atoms with Crippen LogP contribution in [0.25, 0.3) is 0 Å². The Labute approximate surface area is 189 Å². The largest absolute Gasteiger partial charge is 0.393 e. The van der Waals surface area contributed by atoms with E-state index in [9.17, 15) is 15.3 Å². The van der Waals surface area contributed by atoms with Crippen molar-refractivity contribution < 1.29 is 15.3 Å². The summed E-state index contributed by atoms with van der Waals surface area (Å²) in [5.74, 6) is 1.54. The average molecular weight is 429 g/mol. The molecular formula is C28H44O3. The lowest BCUT2D eigenvalue weighted by atomic mass is 9.61. The number of hydrogen-bond acceptors (Lipinski definition) is 3. The first kappa shape index (κ1) is 24.5. The summed E-state index contributed by atoms with van der Waals surface area (Å²) in [7, 11) is 0. The highest BCUT2D eigenvalue weighted by Gasteiger charge is 2.50. The topological polar surface area (TPSA) is 60.7 Å². The predicted octanol–water partition coefficient (Wildman–Crippen LogP) is 5.87. The summed E-state index contributed by atoms with van der Waals surface area (Å²) >= 11 is 0. The second kappa shape index (κ2) is 9.00. The van der Waals surface area contributed by atoms with E-state index in [1.165, 1.54) is 43.3 Å². The van der Waals surface area contributed by atoms with Crippen LogP contribution in [0, 0.1) is 23.2 Å². The van der Waals surface area contributed by atoms with Crippen LogP contribution in [0.2, 0.25) is 0 Å². The predicted molar refractivity (Wildman–Crippen MR) is 129 cm³/mol. The third-order valence-corrected chi connectivity index (χ3v) is 8.82. The Morgan fingerprint density at radius 1 is 1.10 bits per heavy atom. The minimum Gasteiger partial charge on any atom is -0.393 e. The molecule has 174 valence electrons. The molecule has 3 rings (SSSR count). The van der Waals surface area contributed by atoms with Gasteiger partial charge in [-0.2, -0.15) is 0 Å². The van der Waals surface area contributed by atoms with E-state index >= 15 is 0 Å². The molecule has 0 bridgehead atoms. The van der Waals surface area contributed by atoms with Crippen molar-refractivity contribution in [2.45, 2.75) is 103 Å². The maximum atomic E-state index is 10.6. The Kier molecular flexibility index (Phi) is 7.11. The van der Waals surface area contributed by atoms with E-state index in [0.717, 1.165) is 19.3 Å². The van der Waals surface area contributed by atoms with Crippen molar-refractivity contribution in [3.05, 3.63) is 47.6 Å². The Bertz CT molecular complexity index is 764.